The lowest BCUT2D eigenvalue weighted by Gasteiger charge is -2.30. The Morgan fingerprint density at radius 2 is 1.96 bits per heavy atom. The Morgan fingerprint density at radius 1 is 1.13 bits per heavy atom. The predicted octanol–water partition coefficient (Wildman–Crippen LogP) is 6.22. The number of alkyl halides is 4. The standard InChI is InChI=1S/C31H28F4N6O5/c1-15-14-44-7-6-19(15)21-8-16(17-11-37-41(12-17)31(34)35)10-36-29(21)45-18-9-22(30(42)43)40(13-18)28-25-24(38-27(39-28)26(32)33)20-4-2-3-5-23(20)46-25/h2-5,8,10-12,15,18-19,22,26,31H,6-7,9,13-14H2,1H3,(H,42,43)/t15-,18?,19?,22-/m0/s1. The van der Waals surface area contributed by atoms with Crippen LogP contribution in [0.4, 0.5) is 23.4 Å². The van der Waals surface area contributed by atoms with E-state index in [0.717, 1.165) is 5.56 Å². The highest BCUT2D eigenvalue weighted by Crippen LogP contribution is 2.41. The number of anilines is 1. The van der Waals surface area contributed by atoms with Crippen LogP contribution in [0.25, 0.3) is 33.2 Å². The molecule has 2 unspecified atom stereocenters. The van der Waals surface area contributed by atoms with Gasteiger partial charge < -0.3 is 23.9 Å². The molecule has 7 rings (SSSR count). The molecule has 1 aromatic carbocycles. The number of hydrogen-bond donors (Lipinski definition) is 1. The number of aromatic nitrogens is 5. The van der Waals surface area contributed by atoms with Crippen LogP contribution in [0.3, 0.4) is 0 Å². The van der Waals surface area contributed by atoms with Gasteiger partial charge in [0.2, 0.25) is 5.88 Å². The van der Waals surface area contributed by atoms with Gasteiger partial charge in [0.05, 0.1) is 12.7 Å². The molecule has 6 heterocycles. The molecule has 2 aliphatic rings. The first kappa shape index (κ1) is 29.9. The van der Waals surface area contributed by atoms with Gasteiger partial charge in [-0.05, 0) is 36.5 Å². The van der Waals surface area contributed by atoms with Gasteiger partial charge in [-0.25, -0.2) is 33.2 Å². The zero-order valence-corrected chi connectivity index (χ0v) is 24.4. The molecule has 0 aliphatic carbocycles. The maximum Gasteiger partial charge on any atom is 0.333 e. The van der Waals surface area contributed by atoms with Gasteiger partial charge in [-0.3, -0.25) is 0 Å². The smallest absolute Gasteiger partial charge is 0.333 e. The van der Waals surface area contributed by atoms with Crippen LogP contribution in [0.5, 0.6) is 5.88 Å². The van der Waals surface area contributed by atoms with Crippen LogP contribution in [-0.2, 0) is 9.53 Å². The minimum absolute atomic E-state index is 0.00156. The van der Waals surface area contributed by atoms with Crippen LogP contribution in [0, 0.1) is 5.92 Å². The van der Waals surface area contributed by atoms with Crippen molar-refractivity contribution in [1.29, 1.82) is 0 Å². The van der Waals surface area contributed by atoms with Crippen LogP contribution in [0.1, 0.15) is 50.0 Å². The fourth-order valence-electron chi connectivity index (χ4n) is 6.32. The van der Waals surface area contributed by atoms with Crippen molar-refractivity contribution in [2.45, 2.75) is 50.8 Å². The van der Waals surface area contributed by atoms with Gasteiger partial charge in [-0.2, -0.15) is 13.9 Å². The highest BCUT2D eigenvalue weighted by Gasteiger charge is 2.42. The Kier molecular flexibility index (Phi) is 7.71. The molecule has 0 saturated carbocycles. The van der Waals surface area contributed by atoms with Crippen molar-refractivity contribution < 1.29 is 41.4 Å². The van der Waals surface area contributed by atoms with E-state index < -0.39 is 36.9 Å². The summed E-state index contributed by atoms with van der Waals surface area (Å²) in [5.74, 6) is -1.69. The highest BCUT2D eigenvalue weighted by molar-refractivity contribution is 6.06. The fraction of sp³-hybridized carbons (Fsp3) is 0.387. The molecule has 15 heteroatoms. The number of aliphatic carboxylic acids is 1. The third kappa shape index (κ3) is 5.37. The largest absolute Gasteiger partial charge is 0.480 e. The Bertz CT molecular complexity index is 1920. The number of fused-ring (bicyclic) bond motifs is 3. The maximum atomic E-state index is 14.0. The van der Waals surface area contributed by atoms with Crippen LogP contribution in [0.2, 0.25) is 0 Å². The summed E-state index contributed by atoms with van der Waals surface area (Å²) in [5.41, 5.74) is 2.40. The second-order valence-corrected chi connectivity index (χ2v) is 11.5. The van der Waals surface area contributed by atoms with Crippen LogP contribution < -0.4 is 9.64 Å². The average molecular weight is 641 g/mol. The van der Waals surface area contributed by atoms with Gasteiger partial charge in [0, 0.05) is 54.1 Å². The molecule has 4 aromatic heterocycles. The third-order valence-electron chi connectivity index (χ3n) is 8.57. The topological polar surface area (TPSA) is 129 Å². The SMILES string of the molecule is C[C@H]1COCCC1c1cc(-c2cnn(C(F)F)c2)cnc1OC1C[C@@H](C(=O)O)N(c2nc(C(F)F)nc3c2oc2ccccc23)C1. The second kappa shape index (κ2) is 11.9. The van der Waals surface area contributed by atoms with Crippen molar-refractivity contribution in [3.63, 3.8) is 0 Å². The number of pyridine rings is 1. The number of furan rings is 1. The molecule has 4 atom stereocenters. The number of benzene rings is 1. The number of carboxylic acids is 1. The van der Waals surface area contributed by atoms with E-state index in [0.29, 0.717) is 46.4 Å². The lowest BCUT2D eigenvalue weighted by atomic mass is 9.83. The molecule has 46 heavy (non-hydrogen) atoms. The summed E-state index contributed by atoms with van der Waals surface area (Å²) in [5, 5.41) is 14.4. The fourth-order valence-corrected chi connectivity index (χ4v) is 6.32. The first-order chi connectivity index (χ1) is 22.2. The van der Waals surface area contributed by atoms with E-state index in [1.807, 2.05) is 13.0 Å². The monoisotopic (exact) mass is 640 g/mol. The molecule has 0 spiro atoms. The summed E-state index contributed by atoms with van der Waals surface area (Å²) in [6, 6.07) is 7.46. The van der Waals surface area contributed by atoms with Crippen LogP contribution in [0.15, 0.2) is 53.3 Å². The summed E-state index contributed by atoms with van der Waals surface area (Å²) in [6.07, 6.45) is 0.997. The number of nitrogens with zero attached hydrogens (tertiary/aromatic N) is 6. The average Bonchev–Trinajstić information content (AvgIpc) is 3.79. The molecule has 0 bridgehead atoms. The Hall–Kier alpha value is -4.79. The molecular formula is C31H28F4N6O5. The molecule has 2 aliphatic heterocycles. The van der Waals surface area contributed by atoms with Gasteiger partial charge >= 0.3 is 12.5 Å². The zero-order chi connectivity index (χ0) is 32.1. The van der Waals surface area contributed by atoms with Gasteiger partial charge in [0.1, 0.15) is 23.2 Å². The number of ether oxygens (including phenoxy) is 2. The Labute approximate surface area is 258 Å². The molecule has 1 N–H and O–H groups in total. The van der Waals surface area contributed by atoms with Gasteiger partial charge in [0.15, 0.2) is 17.2 Å². The first-order valence-corrected chi connectivity index (χ1v) is 14.7. The van der Waals surface area contributed by atoms with Crippen molar-refractivity contribution in [2.24, 2.45) is 5.92 Å². The van der Waals surface area contributed by atoms with E-state index in [1.165, 1.54) is 23.5 Å². The highest BCUT2D eigenvalue weighted by atomic mass is 19.3. The van der Waals surface area contributed by atoms with Crippen LogP contribution >= 0.6 is 0 Å². The van der Waals surface area contributed by atoms with Gasteiger partial charge in [-0.1, -0.05) is 19.1 Å². The quantitative estimate of drug-likeness (QED) is 0.195. The molecular weight excluding hydrogens is 612 g/mol. The van der Waals surface area contributed by atoms with Crippen molar-refractivity contribution >= 4 is 33.9 Å². The van der Waals surface area contributed by atoms with Crippen molar-refractivity contribution in [3.8, 4) is 17.0 Å². The Morgan fingerprint density at radius 3 is 2.70 bits per heavy atom. The molecule has 240 valence electrons. The summed E-state index contributed by atoms with van der Waals surface area (Å²) < 4.78 is 72.9. The molecule has 0 radical (unpaired) electrons. The summed E-state index contributed by atoms with van der Waals surface area (Å²) in [6.45, 7) is 0.230. The maximum absolute atomic E-state index is 14.0. The normalized spacial score (nSPS) is 22.0. The van der Waals surface area contributed by atoms with Crippen LogP contribution in [-0.4, -0.2) is 67.7 Å². The van der Waals surface area contributed by atoms with Gasteiger partial charge in [-0.15, -0.1) is 0 Å². The number of halogens is 4. The summed E-state index contributed by atoms with van der Waals surface area (Å²) in [7, 11) is 0. The van der Waals surface area contributed by atoms with E-state index in [-0.39, 0.29) is 47.6 Å². The predicted molar refractivity (Wildman–Crippen MR) is 156 cm³/mol. The molecule has 11 nitrogen and oxygen atoms in total. The Balaban J connectivity index is 1.25. The summed E-state index contributed by atoms with van der Waals surface area (Å²) in [4.78, 5) is 26.6. The molecule has 2 saturated heterocycles. The molecule has 2 fully saturated rings. The first-order valence-electron chi connectivity index (χ1n) is 14.7. The zero-order valence-electron chi connectivity index (χ0n) is 24.4. The van der Waals surface area contributed by atoms with E-state index in [4.69, 9.17) is 13.9 Å². The number of para-hydroxylation sites is 1. The second-order valence-electron chi connectivity index (χ2n) is 11.5. The third-order valence-corrected chi connectivity index (χ3v) is 8.57. The van der Waals surface area contributed by atoms with Crippen molar-refractivity contribution in [2.75, 3.05) is 24.7 Å². The lowest BCUT2D eigenvalue weighted by molar-refractivity contribution is -0.138. The van der Waals surface area contributed by atoms with Gasteiger partial charge in [0.25, 0.3) is 6.43 Å². The summed E-state index contributed by atoms with van der Waals surface area (Å²) >= 11 is 0. The number of carbonyl (C=O) groups is 1. The number of hydrogen-bond acceptors (Lipinski definition) is 9. The van der Waals surface area contributed by atoms with E-state index >= 15 is 0 Å². The van der Waals surface area contributed by atoms with Crippen molar-refractivity contribution in [1.82, 2.24) is 24.7 Å². The van der Waals surface area contributed by atoms with E-state index in [1.54, 1.807) is 24.3 Å². The number of carboxylic acid groups (broad SMARTS) is 1. The minimum atomic E-state index is -3.01. The van der Waals surface area contributed by atoms with Crippen molar-refractivity contribution in [3.05, 3.63) is 60.3 Å². The van der Waals surface area contributed by atoms with E-state index in [9.17, 15) is 27.5 Å². The van der Waals surface area contributed by atoms with E-state index in [2.05, 4.69) is 20.1 Å². The number of rotatable bonds is 8. The molecule has 5 aromatic rings. The molecule has 0 amide bonds. The lowest BCUT2D eigenvalue weighted by Crippen LogP contribution is -2.37. The minimum Gasteiger partial charge on any atom is -0.480 e.